The minimum absolute atomic E-state index is 0.117. The van der Waals surface area contributed by atoms with E-state index in [1.807, 2.05) is 30.3 Å². The summed E-state index contributed by atoms with van der Waals surface area (Å²) in [6.45, 7) is 9.18. The number of anilines is 2. The maximum atomic E-state index is 12.7. The molecule has 1 unspecified atom stereocenters. The van der Waals surface area contributed by atoms with E-state index in [4.69, 9.17) is 37.4 Å². The second-order valence-electron chi connectivity index (χ2n) is 12.7. The summed E-state index contributed by atoms with van der Waals surface area (Å²) in [7, 11) is 0. The van der Waals surface area contributed by atoms with Crippen LogP contribution < -0.4 is 20.2 Å². The molecule has 12 nitrogen and oxygen atoms in total. The van der Waals surface area contributed by atoms with Crippen molar-refractivity contribution in [2.24, 2.45) is 5.92 Å². The van der Waals surface area contributed by atoms with Gasteiger partial charge in [-0.15, -0.1) is 0 Å². The topological polar surface area (TPSA) is 105 Å². The third kappa shape index (κ3) is 7.32. The fourth-order valence-electron chi connectivity index (χ4n) is 6.26. The van der Waals surface area contributed by atoms with Crippen LogP contribution in [0.3, 0.4) is 0 Å². The van der Waals surface area contributed by atoms with Gasteiger partial charge in [-0.2, -0.15) is 10.2 Å². The lowest BCUT2D eigenvalue weighted by Gasteiger charge is -2.37. The molecule has 2 aliphatic heterocycles. The summed E-state index contributed by atoms with van der Waals surface area (Å²) in [6.07, 6.45) is 4.34. The molecule has 5 aromatic rings. The van der Waals surface area contributed by atoms with Crippen LogP contribution in [0.2, 0.25) is 10.0 Å². The number of halogens is 2. The van der Waals surface area contributed by atoms with Gasteiger partial charge in [0.2, 0.25) is 5.79 Å². The van der Waals surface area contributed by atoms with Crippen LogP contribution in [-0.2, 0) is 28.4 Å². The van der Waals surface area contributed by atoms with Gasteiger partial charge >= 0.3 is 5.69 Å². The normalized spacial score (nSPS) is 19.6. The zero-order valence-electron chi connectivity index (χ0n) is 27.4. The van der Waals surface area contributed by atoms with Gasteiger partial charge in [0.05, 0.1) is 17.3 Å². The standard InChI is InChI=1S/C35H38Cl2N8O4/c1-25(2)18-45-34(46)44(24-40-45)29-6-4-27(5-7-29)41-13-15-42(16-14-41)28-8-10-30(11-9-28)47-19-31-20-48-35(49-31,21-43-23-38-22-39-43)32-12-3-26(36)17-33(32)37/h3-12,17,22-25,31H,13-16,18-21H2,1-2H3/t31-,35?/m1/s1. The van der Waals surface area contributed by atoms with E-state index in [-0.39, 0.29) is 18.3 Å². The van der Waals surface area contributed by atoms with Crippen molar-refractivity contribution in [3.63, 3.8) is 0 Å². The predicted molar refractivity (Wildman–Crippen MR) is 188 cm³/mol. The van der Waals surface area contributed by atoms with Crippen LogP contribution in [0.25, 0.3) is 5.69 Å². The lowest BCUT2D eigenvalue weighted by molar-refractivity contribution is -0.190. The Morgan fingerprint density at radius 3 is 2.20 bits per heavy atom. The number of nitrogens with zero attached hydrogens (tertiary/aromatic N) is 8. The summed E-state index contributed by atoms with van der Waals surface area (Å²) in [5.74, 6) is -0.0605. The Balaban J connectivity index is 0.922. The summed E-state index contributed by atoms with van der Waals surface area (Å²) in [6, 6.07) is 21.5. The maximum Gasteiger partial charge on any atom is 0.350 e. The number of piperazine rings is 1. The van der Waals surface area contributed by atoms with Crippen LogP contribution in [0.1, 0.15) is 19.4 Å². The van der Waals surface area contributed by atoms with Crippen LogP contribution in [-0.4, -0.2) is 74.6 Å². The third-order valence-electron chi connectivity index (χ3n) is 8.72. The van der Waals surface area contributed by atoms with Crippen molar-refractivity contribution in [3.8, 4) is 11.4 Å². The third-order valence-corrected chi connectivity index (χ3v) is 9.27. The fraction of sp³-hybridized carbons (Fsp3) is 0.371. The zero-order valence-corrected chi connectivity index (χ0v) is 28.9. The summed E-state index contributed by atoms with van der Waals surface area (Å²) < 4.78 is 23.6. The van der Waals surface area contributed by atoms with E-state index in [9.17, 15) is 4.79 Å². The van der Waals surface area contributed by atoms with Crippen LogP contribution in [0.4, 0.5) is 11.4 Å². The SMILES string of the molecule is CC(C)Cn1ncn(-c2ccc(N3CCN(c4ccc(OC[C@@H]5COC(Cn6cncn6)(c6ccc(Cl)cc6Cl)O5)cc4)CC3)cc2)c1=O. The molecule has 2 saturated heterocycles. The molecule has 2 aromatic heterocycles. The van der Waals surface area contributed by atoms with Crippen molar-refractivity contribution in [2.45, 2.75) is 38.8 Å². The average molecular weight is 706 g/mol. The highest BCUT2D eigenvalue weighted by Gasteiger charge is 2.45. The Kier molecular flexibility index (Phi) is 9.64. The smallest absolute Gasteiger partial charge is 0.350 e. The van der Waals surface area contributed by atoms with E-state index in [1.54, 1.807) is 34.0 Å². The molecule has 0 amide bonds. The molecule has 49 heavy (non-hydrogen) atoms. The molecule has 2 fully saturated rings. The van der Waals surface area contributed by atoms with E-state index in [0.29, 0.717) is 41.3 Å². The maximum absolute atomic E-state index is 12.7. The Morgan fingerprint density at radius 2 is 1.57 bits per heavy atom. The van der Waals surface area contributed by atoms with Gasteiger partial charge in [-0.3, -0.25) is 0 Å². The van der Waals surface area contributed by atoms with Crippen LogP contribution in [0.15, 0.2) is 90.5 Å². The number of hydrogen-bond acceptors (Lipinski definition) is 9. The van der Waals surface area contributed by atoms with Gasteiger partial charge in [-0.1, -0.05) is 43.1 Å². The zero-order chi connectivity index (χ0) is 34.0. The number of hydrogen-bond donors (Lipinski definition) is 0. The predicted octanol–water partition coefficient (Wildman–Crippen LogP) is 5.26. The average Bonchev–Trinajstić information content (AvgIpc) is 3.86. The molecule has 0 saturated carbocycles. The molecule has 0 N–H and O–H groups in total. The van der Waals surface area contributed by atoms with Gasteiger partial charge in [0.25, 0.3) is 0 Å². The van der Waals surface area contributed by atoms with E-state index >= 15 is 0 Å². The summed E-state index contributed by atoms with van der Waals surface area (Å²) in [4.78, 5) is 21.5. The molecule has 0 radical (unpaired) electrons. The Labute approximate surface area is 294 Å². The largest absolute Gasteiger partial charge is 0.491 e. The first kappa shape index (κ1) is 33.2. The Hall–Kier alpha value is -4.36. The van der Waals surface area contributed by atoms with Gasteiger partial charge in [0.1, 0.15) is 44.0 Å². The Morgan fingerprint density at radius 1 is 0.898 bits per heavy atom. The minimum atomic E-state index is -1.16. The molecule has 2 aliphatic rings. The van der Waals surface area contributed by atoms with E-state index in [0.717, 1.165) is 49.0 Å². The molecule has 2 atom stereocenters. The van der Waals surface area contributed by atoms with Crippen LogP contribution in [0.5, 0.6) is 5.75 Å². The van der Waals surface area contributed by atoms with Crippen molar-refractivity contribution in [2.75, 3.05) is 49.2 Å². The first-order valence-corrected chi connectivity index (χ1v) is 17.1. The highest BCUT2D eigenvalue weighted by atomic mass is 35.5. The second kappa shape index (κ2) is 14.2. The molecule has 256 valence electrons. The van der Waals surface area contributed by atoms with Crippen molar-refractivity contribution >= 4 is 34.6 Å². The van der Waals surface area contributed by atoms with E-state index < -0.39 is 5.79 Å². The lowest BCUT2D eigenvalue weighted by atomic mass is 10.1. The lowest BCUT2D eigenvalue weighted by Crippen LogP contribution is -2.46. The number of aromatic nitrogens is 6. The van der Waals surface area contributed by atoms with E-state index in [2.05, 4.69) is 63.1 Å². The molecular formula is C35H38Cl2N8O4. The van der Waals surface area contributed by atoms with Gasteiger partial charge in [-0.05, 0) is 66.6 Å². The summed E-state index contributed by atoms with van der Waals surface area (Å²) in [5, 5.41) is 9.47. The molecule has 14 heteroatoms. The van der Waals surface area contributed by atoms with Crippen molar-refractivity contribution in [1.29, 1.82) is 0 Å². The number of rotatable bonds is 11. The van der Waals surface area contributed by atoms with Crippen molar-refractivity contribution in [3.05, 3.63) is 112 Å². The summed E-state index contributed by atoms with van der Waals surface area (Å²) >= 11 is 12.7. The molecule has 3 aromatic carbocycles. The fourth-order valence-corrected chi connectivity index (χ4v) is 6.81. The molecule has 7 rings (SSSR count). The first-order valence-electron chi connectivity index (χ1n) is 16.3. The summed E-state index contributed by atoms with van der Waals surface area (Å²) in [5.41, 5.74) is 3.64. The molecule has 0 bridgehead atoms. The van der Waals surface area contributed by atoms with Crippen LogP contribution >= 0.6 is 23.2 Å². The molecule has 4 heterocycles. The second-order valence-corrected chi connectivity index (χ2v) is 13.5. The highest BCUT2D eigenvalue weighted by Crippen LogP contribution is 2.40. The van der Waals surface area contributed by atoms with Gasteiger partial charge < -0.3 is 24.0 Å². The Bertz CT molecular complexity index is 1910. The molecule has 0 aliphatic carbocycles. The van der Waals surface area contributed by atoms with Crippen LogP contribution in [0, 0.1) is 5.92 Å². The van der Waals surface area contributed by atoms with Crippen molar-refractivity contribution < 1.29 is 14.2 Å². The monoisotopic (exact) mass is 704 g/mol. The first-order chi connectivity index (χ1) is 23.8. The van der Waals surface area contributed by atoms with Gasteiger partial charge in [0, 0.05) is 54.7 Å². The highest BCUT2D eigenvalue weighted by molar-refractivity contribution is 6.35. The molecule has 0 spiro atoms. The quantitative estimate of drug-likeness (QED) is 0.182. The number of ether oxygens (including phenoxy) is 3. The van der Waals surface area contributed by atoms with Crippen molar-refractivity contribution in [1.82, 2.24) is 29.1 Å². The van der Waals surface area contributed by atoms with Gasteiger partial charge in [-0.25, -0.2) is 23.7 Å². The van der Waals surface area contributed by atoms with E-state index in [1.165, 1.54) is 11.0 Å². The molecular weight excluding hydrogens is 667 g/mol. The van der Waals surface area contributed by atoms with Gasteiger partial charge in [0.15, 0.2) is 0 Å². The number of benzene rings is 3. The minimum Gasteiger partial charge on any atom is -0.491 e.